The van der Waals surface area contributed by atoms with Gasteiger partial charge in [-0.3, -0.25) is 4.79 Å². The van der Waals surface area contributed by atoms with Gasteiger partial charge in [0.25, 0.3) is 0 Å². The number of unbranched alkanes of at least 4 members (excludes halogenated alkanes) is 3. The summed E-state index contributed by atoms with van der Waals surface area (Å²) in [5, 5.41) is 25.2. The molecule has 3 N–H and O–H groups in total. The smallest absolute Gasteiger partial charge is 0.217 e. The number of rotatable bonds is 19. The lowest BCUT2D eigenvalue weighted by Gasteiger charge is -2.44. The maximum absolute atomic E-state index is 12.1. The molecule has 1 aliphatic heterocycles. The Hall–Kier alpha value is -3.51. The second kappa shape index (κ2) is 18.9. The van der Waals surface area contributed by atoms with Gasteiger partial charge in [-0.25, -0.2) is 0 Å². The van der Waals surface area contributed by atoms with Crippen molar-refractivity contribution in [3.05, 3.63) is 95.6 Å². The molecule has 1 heterocycles. The number of hydrogen-bond acceptors (Lipinski definition) is 9. The third kappa shape index (κ3) is 9.56. The van der Waals surface area contributed by atoms with E-state index in [0.29, 0.717) is 24.7 Å². The van der Waals surface area contributed by atoms with Gasteiger partial charge in [-0.1, -0.05) is 67.9 Å². The lowest BCUT2D eigenvalue weighted by molar-refractivity contribution is -0.276. The van der Waals surface area contributed by atoms with Gasteiger partial charge in [-0.2, -0.15) is 0 Å². The second-order valence-electron chi connectivity index (χ2n) is 12.0. The molecule has 1 aliphatic rings. The number of ether oxygens (including phenoxy) is 6. The van der Waals surface area contributed by atoms with Crippen molar-refractivity contribution < 1.29 is 43.4 Å². The van der Waals surface area contributed by atoms with Crippen molar-refractivity contribution in [1.82, 2.24) is 5.32 Å². The number of amides is 1. The number of benzene rings is 3. The minimum atomic E-state index is -1.37. The van der Waals surface area contributed by atoms with Crippen molar-refractivity contribution in [2.45, 2.75) is 82.2 Å². The fourth-order valence-corrected chi connectivity index (χ4v) is 5.91. The SMILES string of the molecule is CCCCOCCCCCOC1OC(COC(c2ccccc2)(c2ccc(OC)cc2)c2ccc(OC)cc2)C(O)C(O)C1NC(C)=O. The minimum absolute atomic E-state index is 0.118. The summed E-state index contributed by atoms with van der Waals surface area (Å²) in [6.07, 6.45) is -0.0180. The van der Waals surface area contributed by atoms with Crippen LogP contribution in [-0.4, -0.2) is 87.4 Å². The fourth-order valence-electron chi connectivity index (χ4n) is 5.91. The van der Waals surface area contributed by atoms with Crippen LogP contribution >= 0.6 is 0 Å². The van der Waals surface area contributed by atoms with E-state index in [1.165, 1.54) is 6.92 Å². The normalized spacial score (nSPS) is 21.1. The second-order valence-corrected chi connectivity index (χ2v) is 12.0. The van der Waals surface area contributed by atoms with Crippen molar-refractivity contribution >= 4 is 5.91 Å². The zero-order valence-electron chi connectivity index (χ0n) is 28.5. The van der Waals surface area contributed by atoms with Gasteiger partial charge in [0.1, 0.15) is 41.5 Å². The van der Waals surface area contributed by atoms with Crippen LogP contribution in [-0.2, 0) is 29.3 Å². The largest absolute Gasteiger partial charge is 0.497 e. The van der Waals surface area contributed by atoms with E-state index < -0.39 is 36.2 Å². The molecule has 5 unspecified atom stereocenters. The van der Waals surface area contributed by atoms with Crippen LogP contribution in [0.4, 0.5) is 0 Å². The van der Waals surface area contributed by atoms with E-state index in [1.807, 2.05) is 78.9 Å². The maximum Gasteiger partial charge on any atom is 0.217 e. The standard InChI is InChI=1S/C38H51NO9/c1-5-6-23-45-24-11-8-12-25-46-37-34(39-27(2)40)36(42)35(41)33(48-37)26-47-38(28-13-9-7-10-14-28,29-15-19-31(43-3)20-16-29)30-17-21-32(44-4)22-18-30/h7,9-10,13-22,33-37,41-42H,5-6,8,11-12,23-26H2,1-4H3,(H,39,40). The van der Waals surface area contributed by atoms with Crippen molar-refractivity contribution in [1.29, 1.82) is 0 Å². The highest BCUT2D eigenvalue weighted by molar-refractivity contribution is 5.73. The Balaban J connectivity index is 1.59. The van der Waals surface area contributed by atoms with Gasteiger partial charge in [-0.15, -0.1) is 0 Å². The van der Waals surface area contributed by atoms with Crippen molar-refractivity contribution in [3.63, 3.8) is 0 Å². The van der Waals surface area contributed by atoms with Gasteiger partial charge < -0.3 is 44.0 Å². The maximum atomic E-state index is 12.1. The molecule has 1 saturated heterocycles. The highest BCUT2D eigenvalue weighted by atomic mass is 16.7. The van der Waals surface area contributed by atoms with Gasteiger partial charge in [0.2, 0.25) is 5.91 Å². The van der Waals surface area contributed by atoms with E-state index in [4.69, 9.17) is 28.4 Å². The first-order chi connectivity index (χ1) is 23.3. The number of methoxy groups -OCH3 is 2. The summed E-state index contributed by atoms with van der Waals surface area (Å²) in [6, 6.07) is 24.1. The number of nitrogens with one attached hydrogen (secondary N) is 1. The molecule has 0 aromatic heterocycles. The number of carbonyl (C=O) groups excluding carboxylic acids is 1. The average molecular weight is 666 g/mol. The van der Waals surface area contributed by atoms with Gasteiger partial charge in [0, 0.05) is 26.7 Å². The Morgan fingerprint density at radius 3 is 1.90 bits per heavy atom. The van der Waals surface area contributed by atoms with Crippen LogP contribution < -0.4 is 14.8 Å². The van der Waals surface area contributed by atoms with Crippen LogP contribution in [0.25, 0.3) is 0 Å². The lowest BCUT2D eigenvalue weighted by atomic mass is 9.80. The van der Waals surface area contributed by atoms with Crippen LogP contribution in [0.2, 0.25) is 0 Å². The van der Waals surface area contributed by atoms with Crippen LogP contribution in [0.15, 0.2) is 78.9 Å². The van der Waals surface area contributed by atoms with Crippen LogP contribution in [0.3, 0.4) is 0 Å². The molecule has 0 radical (unpaired) electrons. The summed E-state index contributed by atoms with van der Waals surface area (Å²) in [5.41, 5.74) is 1.31. The van der Waals surface area contributed by atoms with E-state index >= 15 is 0 Å². The van der Waals surface area contributed by atoms with Gasteiger partial charge in [0.05, 0.1) is 20.8 Å². The summed E-state index contributed by atoms with van der Waals surface area (Å²) in [4.78, 5) is 12.1. The zero-order chi connectivity index (χ0) is 34.4. The topological polar surface area (TPSA) is 125 Å². The van der Waals surface area contributed by atoms with Gasteiger partial charge >= 0.3 is 0 Å². The third-order valence-electron chi connectivity index (χ3n) is 8.57. The van der Waals surface area contributed by atoms with E-state index in [9.17, 15) is 15.0 Å². The van der Waals surface area contributed by atoms with Crippen LogP contribution in [0, 0.1) is 0 Å². The van der Waals surface area contributed by atoms with Crippen molar-refractivity contribution in [3.8, 4) is 11.5 Å². The Morgan fingerprint density at radius 2 is 1.33 bits per heavy atom. The molecule has 10 heteroatoms. The van der Waals surface area contributed by atoms with E-state index in [0.717, 1.165) is 55.4 Å². The molecule has 10 nitrogen and oxygen atoms in total. The summed E-state index contributed by atoms with van der Waals surface area (Å²) in [5.74, 6) is 1.01. The molecule has 0 spiro atoms. The fraction of sp³-hybridized carbons (Fsp3) is 0.500. The molecule has 3 aromatic rings. The quantitative estimate of drug-likeness (QED) is 0.120. The molecule has 262 valence electrons. The minimum Gasteiger partial charge on any atom is -0.497 e. The summed E-state index contributed by atoms with van der Waals surface area (Å²) < 4.78 is 35.8. The molecule has 5 atom stereocenters. The first kappa shape index (κ1) is 37.3. The molecule has 4 rings (SSSR count). The van der Waals surface area contributed by atoms with Gasteiger partial charge in [-0.05, 0) is 66.6 Å². The number of hydrogen-bond donors (Lipinski definition) is 3. The monoisotopic (exact) mass is 665 g/mol. The lowest BCUT2D eigenvalue weighted by Crippen LogP contribution is -2.65. The van der Waals surface area contributed by atoms with Crippen LogP contribution in [0.1, 0.15) is 62.6 Å². The van der Waals surface area contributed by atoms with E-state index in [1.54, 1.807) is 14.2 Å². The molecule has 0 bridgehead atoms. The van der Waals surface area contributed by atoms with Crippen molar-refractivity contribution in [2.24, 2.45) is 0 Å². The first-order valence-corrected chi connectivity index (χ1v) is 16.8. The summed E-state index contributed by atoms with van der Waals surface area (Å²) in [7, 11) is 3.23. The highest BCUT2D eigenvalue weighted by Crippen LogP contribution is 2.42. The first-order valence-electron chi connectivity index (χ1n) is 16.8. The molecule has 1 fully saturated rings. The average Bonchev–Trinajstić information content (AvgIpc) is 3.12. The Kier molecular flexibility index (Phi) is 14.7. The highest BCUT2D eigenvalue weighted by Gasteiger charge is 2.47. The number of carbonyl (C=O) groups is 1. The van der Waals surface area contributed by atoms with E-state index in [2.05, 4.69) is 12.2 Å². The third-order valence-corrected chi connectivity index (χ3v) is 8.57. The Bertz CT molecular complexity index is 1310. The van der Waals surface area contributed by atoms with Crippen molar-refractivity contribution in [2.75, 3.05) is 40.6 Å². The molecule has 1 amide bonds. The molecule has 0 saturated carbocycles. The zero-order valence-corrected chi connectivity index (χ0v) is 28.5. The predicted molar refractivity (Wildman–Crippen MR) is 182 cm³/mol. The number of aliphatic hydroxyl groups is 2. The molecule has 0 aliphatic carbocycles. The predicted octanol–water partition coefficient (Wildman–Crippen LogP) is 4.97. The van der Waals surface area contributed by atoms with Crippen LogP contribution in [0.5, 0.6) is 11.5 Å². The molecular formula is C38H51NO9. The summed E-state index contributed by atoms with van der Waals surface area (Å²) >= 11 is 0. The number of aliphatic hydroxyl groups excluding tert-OH is 2. The Morgan fingerprint density at radius 1 is 0.771 bits per heavy atom. The molecular weight excluding hydrogens is 614 g/mol. The summed E-state index contributed by atoms with van der Waals surface area (Å²) in [6.45, 7) is 5.18. The molecule has 48 heavy (non-hydrogen) atoms. The Labute approximate surface area is 284 Å². The molecule has 3 aromatic carbocycles. The van der Waals surface area contributed by atoms with E-state index in [-0.39, 0.29) is 12.5 Å². The van der Waals surface area contributed by atoms with Gasteiger partial charge in [0.15, 0.2) is 6.29 Å².